The zero-order valence-electron chi connectivity index (χ0n) is 14.9. The van der Waals surface area contributed by atoms with E-state index in [0.717, 1.165) is 16.9 Å². The smallest absolute Gasteiger partial charge is 0.240 e. The molecule has 2 amide bonds. The molecule has 0 saturated heterocycles. The van der Waals surface area contributed by atoms with E-state index in [1.54, 1.807) is 24.3 Å². The minimum absolute atomic E-state index is 0.0187. The van der Waals surface area contributed by atoms with Gasteiger partial charge < -0.3 is 15.0 Å². The van der Waals surface area contributed by atoms with Gasteiger partial charge in [-0.3, -0.25) is 9.59 Å². The Bertz CT molecular complexity index is 726. The van der Waals surface area contributed by atoms with Crippen LogP contribution in [0.2, 0.25) is 0 Å². The predicted octanol–water partition coefficient (Wildman–Crippen LogP) is 3.06. The lowest BCUT2D eigenvalue weighted by Crippen LogP contribution is -2.39. The molecule has 0 aromatic heterocycles. The number of hydrogen-bond donors (Lipinski definition) is 1. The fourth-order valence-corrected chi connectivity index (χ4v) is 2.50. The summed E-state index contributed by atoms with van der Waals surface area (Å²) >= 11 is 0. The minimum atomic E-state index is -0.203. The molecule has 0 atom stereocenters. The Morgan fingerprint density at radius 1 is 1.12 bits per heavy atom. The molecular formula is C20H24N2O3. The van der Waals surface area contributed by atoms with Crippen LogP contribution in [0.25, 0.3) is 0 Å². The number of hydrogen-bond acceptors (Lipinski definition) is 3. The van der Waals surface area contributed by atoms with Gasteiger partial charge in [-0.1, -0.05) is 29.8 Å². The van der Waals surface area contributed by atoms with E-state index in [-0.39, 0.29) is 18.4 Å². The molecule has 25 heavy (non-hydrogen) atoms. The summed E-state index contributed by atoms with van der Waals surface area (Å²) in [4.78, 5) is 25.6. The lowest BCUT2D eigenvalue weighted by molar-refractivity contribution is -0.123. The number of carbonyl (C=O) groups is 2. The summed E-state index contributed by atoms with van der Waals surface area (Å²) in [6.07, 6.45) is 0. The van der Waals surface area contributed by atoms with Gasteiger partial charge in [0.15, 0.2) is 0 Å². The molecule has 0 aliphatic carbocycles. The number of carbonyl (C=O) groups excluding carboxylic acids is 2. The molecule has 0 saturated carbocycles. The second-order valence-electron chi connectivity index (χ2n) is 5.80. The number of rotatable bonds is 7. The topological polar surface area (TPSA) is 58.6 Å². The van der Waals surface area contributed by atoms with Crippen LogP contribution in [-0.4, -0.2) is 25.0 Å². The lowest BCUT2D eigenvalue weighted by atomic mass is 10.1. The fraction of sp³-hybridized carbons (Fsp3) is 0.300. The van der Waals surface area contributed by atoms with Crippen molar-refractivity contribution >= 4 is 17.5 Å². The number of nitrogens with one attached hydrogen (secondary N) is 1. The van der Waals surface area contributed by atoms with Gasteiger partial charge in [-0.2, -0.15) is 0 Å². The van der Waals surface area contributed by atoms with E-state index >= 15 is 0 Å². The molecule has 1 N–H and O–H groups in total. The first-order valence-corrected chi connectivity index (χ1v) is 8.32. The van der Waals surface area contributed by atoms with Crippen molar-refractivity contribution in [2.24, 2.45) is 0 Å². The van der Waals surface area contributed by atoms with E-state index in [2.05, 4.69) is 5.32 Å². The van der Waals surface area contributed by atoms with Gasteiger partial charge in [0.05, 0.1) is 6.61 Å². The van der Waals surface area contributed by atoms with E-state index < -0.39 is 0 Å². The van der Waals surface area contributed by atoms with Crippen molar-refractivity contribution < 1.29 is 14.3 Å². The molecule has 5 nitrogen and oxygen atoms in total. The van der Waals surface area contributed by atoms with Crippen LogP contribution in [0.4, 0.5) is 5.69 Å². The number of amides is 2. The van der Waals surface area contributed by atoms with Gasteiger partial charge >= 0.3 is 0 Å². The third kappa shape index (κ3) is 5.64. The maximum absolute atomic E-state index is 12.2. The first kappa shape index (κ1) is 18.5. The van der Waals surface area contributed by atoms with Gasteiger partial charge in [-0.15, -0.1) is 0 Å². The monoisotopic (exact) mass is 340 g/mol. The Morgan fingerprint density at radius 2 is 1.84 bits per heavy atom. The summed E-state index contributed by atoms with van der Waals surface area (Å²) in [7, 11) is 0. The summed E-state index contributed by atoms with van der Waals surface area (Å²) < 4.78 is 5.40. The molecule has 0 aliphatic rings. The van der Waals surface area contributed by atoms with Gasteiger partial charge in [0.25, 0.3) is 0 Å². The zero-order valence-corrected chi connectivity index (χ0v) is 14.9. The third-order valence-corrected chi connectivity index (χ3v) is 3.71. The lowest BCUT2D eigenvalue weighted by Gasteiger charge is -2.21. The molecule has 0 radical (unpaired) electrons. The summed E-state index contributed by atoms with van der Waals surface area (Å²) in [6.45, 7) is 6.37. The number of benzene rings is 2. The zero-order chi connectivity index (χ0) is 18.2. The van der Waals surface area contributed by atoms with Gasteiger partial charge in [-0.25, -0.2) is 0 Å². The number of nitrogens with zero attached hydrogens (tertiary/aromatic N) is 1. The van der Waals surface area contributed by atoms with Crippen LogP contribution in [0.5, 0.6) is 5.75 Å². The Kier molecular flexibility index (Phi) is 6.57. The summed E-state index contributed by atoms with van der Waals surface area (Å²) in [6, 6.07) is 15.1. The number of ether oxygens (including phenoxy) is 1. The quantitative estimate of drug-likeness (QED) is 0.843. The van der Waals surface area contributed by atoms with E-state index in [0.29, 0.717) is 18.8 Å². The van der Waals surface area contributed by atoms with E-state index in [4.69, 9.17) is 4.74 Å². The second kappa shape index (κ2) is 8.87. The van der Waals surface area contributed by atoms with Gasteiger partial charge in [0.2, 0.25) is 11.8 Å². The van der Waals surface area contributed by atoms with Crippen molar-refractivity contribution in [3.63, 3.8) is 0 Å². The molecule has 0 aliphatic heterocycles. The van der Waals surface area contributed by atoms with Crippen molar-refractivity contribution in [1.82, 2.24) is 5.32 Å². The molecule has 0 fully saturated rings. The van der Waals surface area contributed by atoms with Gasteiger partial charge in [-0.05, 0) is 43.7 Å². The molecule has 0 unspecified atom stereocenters. The van der Waals surface area contributed by atoms with Crippen molar-refractivity contribution in [3.8, 4) is 5.75 Å². The Labute approximate surface area is 148 Å². The van der Waals surface area contributed by atoms with Crippen molar-refractivity contribution in [3.05, 3.63) is 59.7 Å². The Morgan fingerprint density at radius 3 is 2.44 bits per heavy atom. The average molecular weight is 340 g/mol. The molecule has 0 bridgehead atoms. The second-order valence-corrected chi connectivity index (χ2v) is 5.80. The van der Waals surface area contributed by atoms with Crippen LogP contribution < -0.4 is 15.0 Å². The van der Waals surface area contributed by atoms with Crippen LogP contribution >= 0.6 is 0 Å². The van der Waals surface area contributed by atoms with Crippen molar-refractivity contribution in [1.29, 1.82) is 0 Å². The highest BCUT2D eigenvalue weighted by atomic mass is 16.5. The molecule has 2 aromatic rings. The van der Waals surface area contributed by atoms with E-state index in [1.165, 1.54) is 11.8 Å². The number of anilines is 1. The van der Waals surface area contributed by atoms with Crippen LogP contribution in [0.3, 0.4) is 0 Å². The predicted molar refractivity (Wildman–Crippen MR) is 98.7 cm³/mol. The van der Waals surface area contributed by atoms with Gasteiger partial charge in [0.1, 0.15) is 12.3 Å². The summed E-state index contributed by atoms with van der Waals surface area (Å²) in [5.41, 5.74) is 2.84. The van der Waals surface area contributed by atoms with Crippen molar-refractivity contribution in [2.45, 2.75) is 27.3 Å². The van der Waals surface area contributed by atoms with E-state index in [9.17, 15) is 9.59 Å². The van der Waals surface area contributed by atoms with Crippen LogP contribution in [-0.2, 0) is 16.1 Å². The SMILES string of the molecule is CCOc1ccc(N(CC(=O)NCc2cccc(C)c2)C(C)=O)cc1. The summed E-state index contributed by atoms with van der Waals surface area (Å²) in [5, 5.41) is 2.86. The Balaban J connectivity index is 1.98. The van der Waals surface area contributed by atoms with E-state index in [1.807, 2.05) is 38.1 Å². The molecule has 2 aromatic carbocycles. The molecule has 2 rings (SSSR count). The highest BCUT2D eigenvalue weighted by Crippen LogP contribution is 2.19. The first-order chi connectivity index (χ1) is 12.0. The normalized spacial score (nSPS) is 10.2. The van der Waals surface area contributed by atoms with Crippen LogP contribution in [0.1, 0.15) is 25.0 Å². The average Bonchev–Trinajstić information content (AvgIpc) is 2.59. The third-order valence-electron chi connectivity index (χ3n) is 3.71. The van der Waals surface area contributed by atoms with Crippen molar-refractivity contribution in [2.75, 3.05) is 18.1 Å². The standard InChI is InChI=1S/C20H24N2O3/c1-4-25-19-10-8-18(9-11-19)22(16(3)23)14-20(24)21-13-17-7-5-6-15(2)12-17/h5-12H,4,13-14H2,1-3H3,(H,21,24). The van der Waals surface area contributed by atoms with Crippen LogP contribution in [0, 0.1) is 6.92 Å². The molecule has 0 spiro atoms. The summed E-state index contributed by atoms with van der Waals surface area (Å²) in [5.74, 6) is 0.346. The minimum Gasteiger partial charge on any atom is -0.494 e. The maximum atomic E-state index is 12.2. The fourth-order valence-electron chi connectivity index (χ4n) is 2.50. The largest absolute Gasteiger partial charge is 0.494 e. The molecule has 5 heteroatoms. The highest BCUT2D eigenvalue weighted by molar-refractivity contribution is 5.97. The van der Waals surface area contributed by atoms with Crippen LogP contribution in [0.15, 0.2) is 48.5 Å². The Hall–Kier alpha value is -2.82. The highest BCUT2D eigenvalue weighted by Gasteiger charge is 2.15. The van der Waals surface area contributed by atoms with Gasteiger partial charge in [0, 0.05) is 19.2 Å². The first-order valence-electron chi connectivity index (χ1n) is 8.32. The molecular weight excluding hydrogens is 316 g/mol. The molecule has 132 valence electrons. The number of aryl methyl sites for hydroxylation is 1. The maximum Gasteiger partial charge on any atom is 0.240 e. The molecule has 0 heterocycles.